The molecular weight excluding hydrogens is 248 g/mol. The largest absolute Gasteiger partial charge is 0.298 e. The predicted molar refractivity (Wildman–Crippen MR) is 81.1 cm³/mol. The Labute approximate surface area is 119 Å². The minimum absolute atomic E-state index is 0.214. The molecule has 0 radical (unpaired) electrons. The van der Waals surface area contributed by atoms with E-state index in [2.05, 4.69) is 43.7 Å². The van der Waals surface area contributed by atoms with Gasteiger partial charge in [0.15, 0.2) is 6.29 Å². The highest BCUT2D eigenvalue weighted by molar-refractivity contribution is 5.76. The van der Waals surface area contributed by atoms with E-state index in [4.69, 9.17) is 0 Å². The Morgan fingerprint density at radius 1 is 1.45 bits per heavy atom. The normalized spacial score (nSPS) is 12.1. The monoisotopic (exact) mass is 268 g/mol. The molecule has 2 aromatic rings. The molecule has 3 heteroatoms. The molecule has 0 fully saturated rings. The second-order valence-corrected chi connectivity index (χ2v) is 5.20. The molecule has 1 atom stereocenters. The molecule has 0 bridgehead atoms. The highest BCUT2D eigenvalue weighted by Crippen LogP contribution is 2.21. The van der Waals surface area contributed by atoms with Crippen molar-refractivity contribution in [2.24, 2.45) is 0 Å². The number of allylic oxidation sites excluding steroid dienone is 1. The quantitative estimate of drug-likeness (QED) is 0.591. The van der Waals surface area contributed by atoms with Crippen molar-refractivity contribution in [2.45, 2.75) is 32.7 Å². The number of rotatable bonds is 6. The lowest BCUT2D eigenvalue weighted by Gasteiger charge is -2.06. The maximum Gasteiger partial charge on any atom is 0.153 e. The Morgan fingerprint density at radius 3 is 2.90 bits per heavy atom. The zero-order valence-electron chi connectivity index (χ0n) is 12.0. The van der Waals surface area contributed by atoms with Gasteiger partial charge in [-0.2, -0.15) is 5.10 Å². The van der Waals surface area contributed by atoms with Gasteiger partial charge < -0.3 is 0 Å². The van der Waals surface area contributed by atoms with E-state index in [0.29, 0.717) is 12.1 Å². The fourth-order valence-electron chi connectivity index (χ4n) is 2.37. The van der Waals surface area contributed by atoms with Gasteiger partial charge in [-0.1, -0.05) is 42.8 Å². The maximum atomic E-state index is 11.2. The molecule has 20 heavy (non-hydrogen) atoms. The number of aromatic nitrogens is 2. The molecule has 0 amide bonds. The Morgan fingerprint density at radius 2 is 2.25 bits per heavy atom. The van der Waals surface area contributed by atoms with Crippen LogP contribution >= 0.6 is 0 Å². The van der Waals surface area contributed by atoms with Crippen molar-refractivity contribution >= 4 is 6.29 Å². The van der Waals surface area contributed by atoms with E-state index in [9.17, 15) is 4.79 Å². The fourth-order valence-corrected chi connectivity index (χ4v) is 2.37. The molecule has 0 spiro atoms. The molecule has 0 saturated carbocycles. The summed E-state index contributed by atoms with van der Waals surface area (Å²) < 4.78 is 1.84. The van der Waals surface area contributed by atoms with Gasteiger partial charge in [-0.15, -0.1) is 6.58 Å². The van der Waals surface area contributed by atoms with Crippen LogP contribution in [0.1, 0.15) is 46.4 Å². The van der Waals surface area contributed by atoms with Gasteiger partial charge in [0, 0.05) is 12.1 Å². The van der Waals surface area contributed by atoms with E-state index >= 15 is 0 Å². The molecule has 0 aliphatic carbocycles. The van der Waals surface area contributed by atoms with Crippen LogP contribution in [0, 0.1) is 6.92 Å². The van der Waals surface area contributed by atoms with Gasteiger partial charge in [-0.25, -0.2) is 0 Å². The van der Waals surface area contributed by atoms with E-state index in [1.807, 2.05) is 23.0 Å². The minimum Gasteiger partial charge on any atom is -0.298 e. The molecule has 1 aromatic heterocycles. The Hall–Kier alpha value is -2.16. The van der Waals surface area contributed by atoms with Crippen molar-refractivity contribution in [2.75, 3.05) is 0 Å². The van der Waals surface area contributed by atoms with Gasteiger partial charge in [-0.3, -0.25) is 9.48 Å². The zero-order valence-corrected chi connectivity index (χ0v) is 12.0. The SMILES string of the molecule is C=CCC(C)c1nn(Cc2cccc(C)c2)cc1C=O. The molecule has 2 rings (SSSR count). The first-order valence-electron chi connectivity index (χ1n) is 6.83. The van der Waals surface area contributed by atoms with E-state index < -0.39 is 0 Å². The number of aryl methyl sites for hydroxylation is 1. The zero-order chi connectivity index (χ0) is 14.5. The molecule has 0 saturated heterocycles. The number of carbonyl (C=O) groups is 1. The van der Waals surface area contributed by atoms with Crippen molar-refractivity contribution in [1.29, 1.82) is 0 Å². The summed E-state index contributed by atoms with van der Waals surface area (Å²) in [6.07, 6.45) is 5.39. The highest BCUT2D eigenvalue weighted by atomic mass is 16.1. The van der Waals surface area contributed by atoms with Crippen LogP contribution in [0.15, 0.2) is 43.1 Å². The Balaban J connectivity index is 2.25. The number of hydrogen-bond donors (Lipinski definition) is 0. The van der Waals surface area contributed by atoms with E-state index in [1.165, 1.54) is 11.1 Å². The number of hydrogen-bond acceptors (Lipinski definition) is 2. The first-order chi connectivity index (χ1) is 9.63. The summed E-state index contributed by atoms with van der Waals surface area (Å²) >= 11 is 0. The fraction of sp³-hybridized carbons (Fsp3) is 0.294. The predicted octanol–water partition coefficient (Wildman–Crippen LogP) is 3.73. The van der Waals surface area contributed by atoms with Gasteiger partial charge in [-0.05, 0) is 18.9 Å². The van der Waals surface area contributed by atoms with Crippen LogP contribution in [-0.4, -0.2) is 16.1 Å². The maximum absolute atomic E-state index is 11.2. The van der Waals surface area contributed by atoms with Crippen molar-refractivity contribution in [1.82, 2.24) is 9.78 Å². The molecular formula is C17H20N2O. The lowest BCUT2D eigenvalue weighted by atomic mass is 10.0. The van der Waals surface area contributed by atoms with Crippen molar-refractivity contribution in [3.8, 4) is 0 Å². The Kier molecular flexibility index (Phi) is 4.51. The smallest absolute Gasteiger partial charge is 0.153 e. The van der Waals surface area contributed by atoms with Gasteiger partial charge in [0.2, 0.25) is 0 Å². The van der Waals surface area contributed by atoms with E-state index in [-0.39, 0.29) is 5.92 Å². The summed E-state index contributed by atoms with van der Waals surface area (Å²) in [7, 11) is 0. The molecule has 0 N–H and O–H groups in total. The third-order valence-corrected chi connectivity index (χ3v) is 3.36. The molecule has 0 aliphatic rings. The highest BCUT2D eigenvalue weighted by Gasteiger charge is 2.14. The van der Waals surface area contributed by atoms with Crippen LogP contribution in [0.2, 0.25) is 0 Å². The third-order valence-electron chi connectivity index (χ3n) is 3.36. The Bertz CT molecular complexity index is 613. The molecule has 104 valence electrons. The average molecular weight is 268 g/mol. The van der Waals surface area contributed by atoms with Gasteiger partial charge in [0.1, 0.15) is 0 Å². The van der Waals surface area contributed by atoms with Gasteiger partial charge in [0.05, 0.1) is 17.8 Å². The average Bonchev–Trinajstić information content (AvgIpc) is 2.82. The molecule has 3 nitrogen and oxygen atoms in total. The summed E-state index contributed by atoms with van der Waals surface area (Å²) in [5.41, 5.74) is 3.94. The third kappa shape index (κ3) is 3.23. The summed E-state index contributed by atoms with van der Waals surface area (Å²) in [6, 6.07) is 8.31. The topological polar surface area (TPSA) is 34.9 Å². The van der Waals surface area contributed by atoms with Crippen LogP contribution in [0.25, 0.3) is 0 Å². The van der Waals surface area contributed by atoms with Crippen LogP contribution in [0.3, 0.4) is 0 Å². The second-order valence-electron chi connectivity index (χ2n) is 5.20. The summed E-state index contributed by atoms with van der Waals surface area (Å²) in [6.45, 7) is 8.56. The first-order valence-corrected chi connectivity index (χ1v) is 6.83. The number of carbonyl (C=O) groups excluding carboxylic acids is 1. The second kappa shape index (κ2) is 6.33. The minimum atomic E-state index is 0.214. The molecule has 1 unspecified atom stereocenters. The van der Waals surface area contributed by atoms with E-state index in [1.54, 1.807) is 0 Å². The summed E-state index contributed by atoms with van der Waals surface area (Å²) in [5, 5.41) is 4.56. The van der Waals surface area contributed by atoms with E-state index in [0.717, 1.165) is 18.4 Å². The van der Waals surface area contributed by atoms with Crippen LogP contribution < -0.4 is 0 Å². The number of benzene rings is 1. The lowest BCUT2D eigenvalue weighted by Crippen LogP contribution is -2.02. The molecule has 1 aromatic carbocycles. The van der Waals surface area contributed by atoms with Crippen molar-refractivity contribution in [3.63, 3.8) is 0 Å². The van der Waals surface area contributed by atoms with Crippen LogP contribution in [0.5, 0.6) is 0 Å². The summed E-state index contributed by atoms with van der Waals surface area (Å²) in [5.74, 6) is 0.214. The first kappa shape index (κ1) is 14.3. The van der Waals surface area contributed by atoms with Gasteiger partial charge >= 0.3 is 0 Å². The molecule has 1 heterocycles. The number of nitrogens with zero attached hydrogens (tertiary/aromatic N) is 2. The summed E-state index contributed by atoms with van der Waals surface area (Å²) in [4.78, 5) is 11.2. The lowest BCUT2D eigenvalue weighted by molar-refractivity contribution is 0.112. The number of aldehydes is 1. The van der Waals surface area contributed by atoms with Crippen LogP contribution in [0.4, 0.5) is 0 Å². The van der Waals surface area contributed by atoms with Gasteiger partial charge in [0.25, 0.3) is 0 Å². The molecule has 0 aliphatic heterocycles. The van der Waals surface area contributed by atoms with Crippen molar-refractivity contribution < 1.29 is 4.79 Å². The standard InChI is InChI=1S/C17H20N2O/c1-4-6-14(3)17-16(12-20)11-19(18-17)10-15-8-5-7-13(2)9-15/h4-5,7-9,11-12,14H,1,6,10H2,2-3H3. The van der Waals surface area contributed by atoms with Crippen molar-refractivity contribution in [3.05, 3.63) is 65.5 Å². The van der Waals surface area contributed by atoms with Crippen LogP contribution in [-0.2, 0) is 6.54 Å².